The summed E-state index contributed by atoms with van der Waals surface area (Å²) in [6.45, 7) is 1.00. The highest BCUT2D eigenvalue weighted by Gasteiger charge is 2.33. The molecule has 0 amide bonds. The zero-order valence-electron chi connectivity index (χ0n) is 13.2. The monoisotopic (exact) mass is 395 g/mol. The molecule has 0 aliphatic carbocycles. The second kappa shape index (κ2) is 8.49. The molecule has 24 heavy (non-hydrogen) atoms. The lowest BCUT2D eigenvalue weighted by Gasteiger charge is -2.30. The zero-order chi connectivity index (χ0) is 17.7. The molecule has 1 aliphatic heterocycles. The molecular weight excluding hydrogens is 377 g/mol. The molecule has 9 heteroatoms. The van der Waals surface area contributed by atoms with Crippen LogP contribution in [-0.4, -0.2) is 52.1 Å². The summed E-state index contributed by atoms with van der Waals surface area (Å²) in [6, 6.07) is 4.33. The Labute approximate surface area is 151 Å². The first kappa shape index (κ1) is 19.5. The number of esters is 1. The minimum atomic E-state index is -3.74. The lowest BCUT2D eigenvalue weighted by Crippen LogP contribution is -2.40. The topological polar surface area (TPSA) is 72.9 Å². The molecule has 1 fully saturated rings. The molecule has 1 heterocycles. The Morgan fingerprint density at radius 1 is 1.25 bits per heavy atom. The minimum absolute atomic E-state index is 0.0159. The van der Waals surface area contributed by atoms with Gasteiger partial charge in [-0.25, -0.2) is 8.42 Å². The molecule has 0 radical (unpaired) electrons. The van der Waals surface area contributed by atoms with Gasteiger partial charge in [-0.05, 0) is 31.0 Å². The van der Waals surface area contributed by atoms with Crippen LogP contribution in [0.3, 0.4) is 0 Å². The fourth-order valence-electron chi connectivity index (χ4n) is 2.49. The van der Waals surface area contributed by atoms with E-state index in [1.807, 2.05) is 0 Å². The number of piperidine rings is 1. The van der Waals surface area contributed by atoms with Crippen molar-refractivity contribution in [3.05, 3.63) is 28.2 Å². The van der Waals surface area contributed by atoms with Crippen molar-refractivity contribution in [1.82, 2.24) is 4.31 Å². The summed E-state index contributed by atoms with van der Waals surface area (Å²) < 4.78 is 36.6. The Hall–Kier alpha value is -0.860. The number of benzene rings is 1. The van der Waals surface area contributed by atoms with Gasteiger partial charge in [0.2, 0.25) is 10.0 Å². The van der Waals surface area contributed by atoms with Crippen molar-refractivity contribution < 1.29 is 22.7 Å². The van der Waals surface area contributed by atoms with Crippen LogP contribution in [0, 0.1) is 5.92 Å². The first-order valence-electron chi connectivity index (χ1n) is 7.47. The summed E-state index contributed by atoms with van der Waals surface area (Å²) >= 11 is 11.9. The van der Waals surface area contributed by atoms with E-state index in [4.69, 9.17) is 32.7 Å². The second-order valence-corrected chi connectivity index (χ2v) is 8.16. The van der Waals surface area contributed by atoms with Crippen molar-refractivity contribution in [3.8, 4) is 0 Å². The van der Waals surface area contributed by atoms with E-state index >= 15 is 0 Å². The van der Waals surface area contributed by atoms with Crippen LogP contribution < -0.4 is 0 Å². The summed E-state index contributed by atoms with van der Waals surface area (Å²) in [5, 5.41) is 0.426. The molecule has 1 aliphatic rings. The SMILES string of the molecule is COCCOC(=O)C1CCN(S(=O)(=O)c2cc(Cl)ccc2Cl)CC1. The predicted molar refractivity (Wildman–Crippen MR) is 90.8 cm³/mol. The van der Waals surface area contributed by atoms with Crippen LogP contribution in [0.25, 0.3) is 0 Å². The molecule has 6 nitrogen and oxygen atoms in total. The van der Waals surface area contributed by atoms with Gasteiger partial charge in [-0.3, -0.25) is 4.79 Å². The van der Waals surface area contributed by atoms with E-state index in [9.17, 15) is 13.2 Å². The number of carbonyl (C=O) groups excluding carboxylic acids is 1. The Kier molecular flexibility index (Phi) is 6.88. The fraction of sp³-hybridized carbons (Fsp3) is 0.533. The highest BCUT2D eigenvalue weighted by molar-refractivity contribution is 7.89. The van der Waals surface area contributed by atoms with Crippen LogP contribution in [0.4, 0.5) is 0 Å². The van der Waals surface area contributed by atoms with E-state index in [1.54, 1.807) is 0 Å². The predicted octanol–water partition coefficient (Wildman–Crippen LogP) is 2.58. The van der Waals surface area contributed by atoms with Gasteiger partial charge in [-0.2, -0.15) is 4.31 Å². The Morgan fingerprint density at radius 3 is 2.54 bits per heavy atom. The second-order valence-electron chi connectivity index (χ2n) is 5.41. The number of hydrogen-bond donors (Lipinski definition) is 0. The molecule has 1 saturated heterocycles. The molecule has 1 aromatic rings. The number of ether oxygens (including phenoxy) is 2. The number of methoxy groups -OCH3 is 1. The van der Waals surface area contributed by atoms with Crippen LogP contribution in [0.1, 0.15) is 12.8 Å². The summed E-state index contributed by atoms with van der Waals surface area (Å²) in [5.41, 5.74) is 0. The smallest absolute Gasteiger partial charge is 0.309 e. The number of nitrogens with zero attached hydrogens (tertiary/aromatic N) is 1. The Bertz CT molecular complexity index is 687. The summed E-state index contributed by atoms with van der Waals surface area (Å²) in [4.78, 5) is 11.9. The molecule has 1 aromatic carbocycles. The molecule has 0 aromatic heterocycles. The standard InChI is InChI=1S/C15H19Cl2NO5S/c1-22-8-9-23-15(19)11-4-6-18(7-5-11)24(20,21)14-10-12(16)2-3-13(14)17/h2-3,10-11H,4-9H2,1H3. The molecule has 2 rings (SSSR count). The van der Waals surface area contributed by atoms with E-state index in [1.165, 1.54) is 29.6 Å². The average molecular weight is 396 g/mol. The third kappa shape index (κ3) is 4.61. The maximum Gasteiger partial charge on any atom is 0.309 e. The van der Waals surface area contributed by atoms with Gasteiger partial charge >= 0.3 is 5.97 Å². The lowest BCUT2D eigenvalue weighted by atomic mass is 9.98. The van der Waals surface area contributed by atoms with E-state index in [2.05, 4.69) is 0 Å². The van der Waals surface area contributed by atoms with Gasteiger partial charge < -0.3 is 9.47 Å². The molecule has 134 valence electrons. The quantitative estimate of drug-likeness (QED) is 0.546. The highest BCUT2D eigenvalue weighted by Crippen LogP contribution is 2.30. The maximum absolute atomic E-state index is 12.7. The van der Waals surface area contributed by atoms with Crippen LogP contribution in [-0.2, 0) is 24.3 Å². The molecule has 0 bridgehead atoms. The van der Waals surface area contributed by atoms with E-state index in [-0.39, 0.29) is 41.5 Å². The number of rotatable bonds is 6. The fourth-order valence-corrected chi connectivity index (χ4v) is 4.70. The first-order chi connectivity index (χ1) is 11.4. The summed E-state index contributed by atoms with van der Waals surface area (Å²) in [5.74, 6) is -0.618. The van der Waals surface area contributed by atoms with Gasteiger partial charge in [0.25, 0.3) is 0 Å². The van der Waals surface area contributed by atoms with Gasteiger partial charge in [0.15, 0.2) is 0 Å². The van der Waals surface area contributed by atoms with Crippen LogP contribution in [0.5, 0.6) is 0 Å². The van der Waals surface area contributed by atoms with Crippen molar-refractivity contribution in [2.45, 2.75) is 17.7 Å². The summed E-state index contributed by atoms with van der Waals surface area (Å²) in [6.07, 6.45) is 0.812. The first-order valence-corrected chi connectivity index (χ1v) is 9.66. The van der Waals surface area contributed by atoms with Gasteiger partial charge in [-0.15, -0.1) is 0 Å². The van der Waals surface area contributed by atoms with Crippen molar-refractivity contribution in [1.29, 1.82) is 0 Å². The van der Waals surface area contributed by atoms with Crippen molar-refractivity contribution in [3.63, 3.8) is 0 Å². The molecule has 0 spiro atoms. The van der Waals surface area contributed by atoms with Crippen molar-refractivity contribution in [2.24, 2.45) is 5.92 Å². The average Bonchev–Trinajstić information content (AvgIpc) is 2.57. The van der Waals surface area contributed by atoms with E-state index in [0.29, 0.717) is 24.5 Å². The Balaban J connectivity index is 2.01. The van der Waals surface area contributed by atoms with Gasteiger partial charge in [0.1, 0.15) is 11.5 Å². The van der Waals surface area contributed by atoms with Crippen LogP contribution in [0.2, 0.25) is 10.0 Å². The van der Waals surface area contributed by atoms with E-state index in [0.717, 1.165) is 0 Å². The largest absolute Gasteiger partial charge is 0.463 e. The summed E-state index contributed by atoms with van der Waals surface area (Å²) in [7, 11) is -2.21. The minimum Gasteiger partial charge on any atom is -0.463 e. The number of sulfonamides is 1. The number of carbonyl (C=O) groups is 1. The Morgan fingerprint density at radius 2 is 1.92 bits per heavy atom. The molecule has 0 unspecified atom stereocenters. The van der Waals surface area contributed by atoms with Gasteiger partial charge in [-0.1, -0.05) is 23.2 Å². The normalized spacial score (nSPS) is 17.0. The molecular formula is C15H19Cl2NO5S. The molecule has 0 atom stereocenters. The third-order valence-electron chi connectivity index (χ3n) is 3.83. The highest BCUT2D eigenvalue weighted by atomic mass is 35.5. The maximum atomic E-state index is 12.7. The van der Waals surface area contributed by atoms with E-state index < -0.39 is 10.0 Å². The van der Waals surface area contributed by atoms with Gasteiger partial charge in [0, 0.05) is 25.2 Å². The molecule has 0 saturated carbocycles. The zero-order valence-corrected chi connectivity index (χ0v) is 15.5. The van der Waals surface area contributed by atoms with Gasteiger partial charge in [0.05, 0.1) is 17.5 Å². The number of halogens is 2. The van der Waals surface area contributed by atoms with Crippen molar-refractivity contribution in [2.75, 3.05) is 33.4 Å². The third-order valence-corrected chi connectivity index (χ3v) is 6.45. The van der Waals surface area contributed by atoms with Crippen LogP contribution >= 0.6 is 23.2 Å². The van der Waals surface area contributed by atoms with Crippen molar-refractivity contribution >= 4 is 39.2 Å². The number of hydrogen-bond acceptors (Lipinski definition) is 5. The molecule has 0 N–H and O–H groups in total. The lowest BCUT2D eigenvalue weighted by molar-refractivity contribution is -0.151. The van der Waals surface area contributed by atoms with Crippen LogP contribution in [0.15, 0.2) is 23.1 Å².